The Balaban J connectivity index is 1.27. The number of alkyl halides is 3. The minimum atomic E-state index is -4.64. The Kier molecular flexibility index (Phi) is 5.82. The fourth-order valence-corrected chi connectivity index (χ4v) is 4.60. The predicted molar refractivity (Wildman–Crippen MR) is 127 cm³/mol. The molecule has 0 saturated heterocycles. The van der Waals surface area contributed by atoms with Crippen LogP contribution in [0, 0.1) is 0 Å². The van der Waals surface area contributed by atoms with Crippen LogP contribution in [0.2, 0.25) is 0 Å². The minimum absolute atomic E-state index is 0.0338. The Morgan fingerprint density at radius 1 is 1.00 bits per heavy atom. The summed E-state index contributed by atoms with van der Waals surface area (Å²) in [6.45, 7) is -0.0938. The number of hydrogen-bond acceptors (Lipinski definition) is 7. The highest BCUT2D eigenvalue weighted by molar-refractivity contribution is 5.80. The van der Waals surface area contributed by atoms with Gasteiger partial charge in [0.1, 0.15) is 17.9 Å². The zero-order valence-electron chi connectivity index (χ0n) is 19.5. The van der Waals surface area contributed by atoms with E-state index in [0.717, 1.165) is 24.4 Å². The standard InChI is InChI=1S/C26H21F3N6O2/c27-26(28,29)20-13-16(9-11-23(20)36-15-18-5-3-4-12-30-18)24-31-25(37-33-24)17-8-10-22-21(14-17)32-34-35(22)19-6-1-2-7-19/h3-5,8-14,19H,1-2,6-7,15H2. The van der Waals surface area contributed by atoms with Crippen LogP contribution >= 0.6 is 0 Å². The summed E-state index contributed by atoms with van der Waals surface area (Å²) < 4.78 is 54.3. The number of fused-ring (bicyclic) bond motifs is 1. The molecule has 37 heavy (non-hydrogen) atoms. The molecule has 1 aliphatic rings. The molecule has 0 spiro atoms. The van der Waals surface area contributed by atoms with Crippen molar-refractivity contribution in [3.63, 3.8) is 0 Å². The first-order chi connectivity index (χ1) is 18.0. The van der Waals surface area contributed by atoms with Crippen LogP contribution in [-0.2, 0) is 12.8 Å². The van der Waals surface area contributed by atoms with E-state index in [4.69, 9.17) is 9.26 Å². The smallest absolute Gasteiger partial charge is 0.419 e. The summed E-state index contributed by atoms with van der Waals surface area (Å²) in [5, 5.41) is 12.5. The van der Waals surface area contributed by atoms with Crippen LogP contribution in [0.5, 0.6) is 5.75 Å². The van der Waals surface area contributed by atoms with Gasteiger partial charge < -0.3 is 9.26 Å². The Bertz CT molecular complexity index is 1540. The van der Waals surface area contributed by atoms with Crippen LogP contribution in [0.1, 0.15) is 43.0 Å². The van der Waals surface area contributed by atoms with Crippen LogP contribution in [0.25, 0.3) is 33.9 Å². The molecule has 0 bridgehead atoms. The summed E-state index contributed by atoms with van der Waals surface area (Å²) >= 11 is 0. The first-order valence-electron chi connectivity index (χ1n) is 11.9. The van der Waals surface area contributed by atoms with Gasteiger partial charge in [0.15, 0.2) is 0 Å². The molecule has 2 aromatic carbocycles. The van der Waals surface area contributed by atoms with Crippen molar-refractivity contribution < 1.29 is 22.4 Å². The van der Waals surface area contributed by atoms with Crippen LogP contribution < -0.4 is 4.74 Å². The quantitative estimate of drug-likeness (QED) is 0.269. The normalized spacial score (nSPS) is 14.5. The van der Waals surface area contributed by atoms with Crippen LogP contribution in [-0.4, -0.2) is 30.1 Å². The third kappa shape index (κ3) is 4.64. The maximum Gasteiger partial charge on any atom is 0.419 e. The molecule has 0 unspecified atom stereocenters. The van der Waals surface area contributed by atoms with Crippen molar-refractivity contribution in [2.45, 2.75) is 44.5 Å². The zero-order valence-corrected chi connectivity index (χ0v) is 19.5. The summed E-state index contributed by atoms with van der Waals surface area (Å²) in [5.41, 5.74) is 1.96. The van der Waals surface area contributed by atoms with Gasteiger partial charge in [-0.25, -0.2) is 4.68 Å². The van der Waals surface area contributed by atoms with Gasteiger partial charge in [0.25, 0.3) is 5.89 Å². The molecule has 5 aromatic rings. The lowest BCUT2D eigenvalue weighted by molar-refractivity contribution is -0.139. The maximum atomic E-state index is 13.8. The highest BCUT2D eigenvalue weighted by Gasteiger charge is 2.35. The number of hydrogen-bond donors (Lipinski definition) is 0. The monoisotopic (exact) mass is 506 g/mol. The molecule has 3 heterocycles. The van der Waals surface area contributed by atoms with E-state index in [2.05, 4.69) is 25.4 Å². The van der Waals surface area contributed by atoms with Gasteiger partial charge in [-0.3, -0.25) is 4.98 Å². The van der Waals surface area contributed by atoms with Gasteiger partial charge in [-0.05, 0) is 61.4 Å². The van der Waals surface area contributed by atoms with Crippen molar-refractivity contribution in [2.75, 3.05) is 0 Å². The largest absolute Gasteiger partial charge is 0.487 e. The molecule has 1 fully saturated rings. The van der Waals surface area contributed by atoms with Gasteiger partial charge in [0.2, 0.25) is 5.82 Å². The molecule has 3 aromatic heterocycles. The van der Waals surface area contributed by atoms with Gasteiger partial charge in [0.05, 0.1) is 22.8 Å². The maximum absolute atomic E-state index is 13.8. The van der Waals surface area contributed by atoms with Gasteiger partial charge in [-0.15, -0.1) is 5.10 Å². The Morgan fingerprint density at radius 3 is 2.62 bits per heavy atom. The highest BCUT2D eigenvalue weighted by Crippen LogP contribution is 2.39. The molecule has 0 aliphatic heterocycles. The van der Waals surface area contributed by atoms with Crippen molar-refractivity contribution in [3.8, 4) is 28.6 Å². The molecule has 188 valence electrons. The van der Waals surface area contributed by atoms with Crippen LogP contribution in [0.3, 0.4) is 0 Å². The van der Waals surface area contributed by atoms with Crippen molar-refractivity contribution in [3.05, 3.63) is 72.1 Å². The molecule has 11 heteroatoms. The summed E-state index contributed by atoms with van der Waals surface area (Å²) in [5.74, 6) is -0.0933. The number of halogens is 3. The van der Waals surface area contributed by atoms with Gasteiger partial charge in [0, 0.05) is 17.3 Å². The first-order valence-corrected chi connectivity index (χ1v) is 11.9. The van der Waals surface area contributed by atoms with E-state index in [1.165, 1.54) is 25.0 Å². The van der Waals surface area contributed by atoms with E-state index in [1.54, 1.807) is 30.5 Å². The lowest BCUT2D eigenvalue weighted by atomic mass is 10.1. The van der Waals surface area contributed by atoms with Crippen LogP contribution in [0.15, 0.2) is 65.3 Å². The second-order valence-corrected chi connectivity index (χ2v) is 8.92. The van der Waals surface area contributed by atoms with Gasteiger partial charge in [-0.1, -0.05) is 29.3 Å². The zero-order chi connectivity index (χ0) is 25.4. The lowest BCUT2D eigenvalue weighted by Gasteiger charge is -2.14. The molecule has 8 nitrogen and oxygen atoms in total. The molecule has 1 saturated carbocycles. The van der Waals surface area contributed by atoms with Crippen molar-refractivity contribution in [1.82, 2.24) is 30.1 Å². The fourth-order valence-electron chi connectivity index (χ4n) is 4.60. The summed E-state index contributed by atoms with van der Waals surface area (Å²) in [4.78, 5) is 8.41. The van der Waals surface area contributed by atoms with E-state index in [0.29, 0.717) is 22.8 Å². The number of rotatable bonds is 6. The van der Waals surface area contributed by atoms with Gasteiger partial charge >= 0.3 is 6.18 Å². The third-order valence-electron chi connectivity index (χ3n) is 6.46. The molecule has 0 radical (unpaired) electrons. The number of aromatic nitrogens is 6. The fraction of sp³-hybridized carbons (Fsp3) is 0.269. The van der Waals surface area contributed by atoms with Crippen molar-refractivity contribution >= 4 is 11.0 Å². The highest BCUT2D eigenvalue weighted by atomic mass is 19.4. The average Bonchev–Trinajstić information content (AvgIpc) is 3.68. The molecule has 6 rings (SSSR count). The number of benzene rings is 2. The first kappa shape index (κ1) is 23.1. The number of nitrogens with zero attached hydrogens (tertiary/aromatic N) is 6. The molecule has 0 N–H and O–H groups in total. The van der Waals surface area contributed by atoms with E-state index >= 15 is 0 Å². The summed E-state index contributed by atoms with van der Waals surface area (Å²) in [7, 11) is 0. The Labute approximate surface area is 209 Å². The topological polar surface area (TPSA) is 91.8 Å². The SMILES string of the molecule is FC(F)(F)c1cc(-c2noc(-c3ccc4c(c3)nnn4C3CCCC3)n2)ccc1OCc1ccccn1. The number of ether oxygens (including phenoxy) is 1. The van der Waals surface area contributed by atoms with Crippen LogP contribution in [0.4, 0.5) is 13.2 Å². The van der Waals surface area contributed by atoms with E-state index in [1.807, 2.05) is 16.8 Å². The minimum Gasteiger partial charge on any atom is -0.487 e. The predicted octanol–water partition coefficient (Wildman–Crippen LogP) is 6.26. The molecule has 0 amide bonds. The summed E-state index contributed by atoms with van der Waals surface area (Å²) in [6.07, 6.45) is 1.44. The van der Waals surface area contributed by atoms with E-state index in [-0.39, 0.29) is 29.6 Å². The second kappa shape index (κ2) is 9.30. The lowest BCUT2D eigenvalue weighted by Crippen LogP contribution is -2.09. The van der Waals surface area contributed by atoms with Gasteiger partial charge in [-0.2, -0.15) is 18.2 Å². The Hall–Kier alpha value is -4.28. The third-order valence-corrected chi connectivity index (χ3v) is 6.46. The van der Waals surface area contributed by atoms with Crippen molar-refractivity contribution in [2.24, 2.45) is 0 Å². The van der Waals surface area contributed by atoms with E-state index in [9.17, 15) is 13.2 Å². The second-order valence-electron chi connectivity index (χ2n) is 8.92. The molecule has 1 aliphatic carbocycles. The number of pyridine rings is 1. The molecular formula is C26H21F3N6O2. The summed E-state index contributed by atoms with van der Waals surface area (Å²) in [6, 6.07) is 14.7. The Morgan fingerprint density at radius 2 is 1.84 bits per heavy atom. The van der Waals surface area contributed by atoms with E-state index < -0.39 is 11.7 Å². The average molecular weight is 506 g/mol. The molecule has 0 atom stereocenters. The molecular weight excluding hydrogens is 485 g/mol. The van der Waals surface area contributed by atoms with Crippen molar-refractivity contribution in [1.29, 1.82) is 0 Å².